The van der Waals surface area contributed by atoms with E-state index in [1.165, 1.54) is 0 Å². The second-order valence-electron chi connectivity index (χ2n) is 5.01. The lowest BCUT2D eigenvalue weighted by atomic mass is 9.97. The first-order chi connectivity index (χ1) is 10.2. The first-order valence-corrected chi connectivity index (χ1v) is 6.98. The molecule has 0 heterocycles. The van der Waals surface area contributed by atoms with Crippen LogP contribution in [0.5, 0.6) is 11.5 Å². The van der Waals surface area contributed by atoms with E-state index >= 15 is 0 Å². The van der Waals surface area contributed by atoms with Crippen molar-refractivity contribution in [3.05, 3.63) is 84.0 Å². The van der Waals surface area contributed by atoms with Crippen molar-refractivity contribution < 1.29 is 10.2 Å². The van der Waals surface area contributed by atoms with Crippen LogP contribution in [-0.2, 0) is 19.3 Å². The largest absolute Gasteiger partial charge is 0.507 e. The lowest BCUT2D eigenvalue weighted by Crippen LogP contribution is -1.95. The van der Waals surface area contributed by atoms with Crippen molar-refractivity contribution in [1.29, 1.82) is 0 Å². The first-order valence-electron chi connectivity index (χ1n) is 6.98. The van der Waals surface area contributed by atoms with Gasteiger partial charge in [0.15, 0.2) is 0 Å². The van der Waals surface area contributed by atoms with Gasteiger partial charge in [-0.2, -0.15) is 0 Å². The summed E-state index contributed by atoms with van der Waals surface area (Å²) in [4.78, 5) is 0. The van der Waals surface area contributed by atoms with Gasteiger partial charge in [0, 0.05) is 6.42 Å². The van der Waals surface area contributed by atoms with E-state index in [2.05, 4.69) is 13.2 Å². The Balaban J connectivity index is 2.34. The lowest BCUT2D eigenvalue weighted by molar-refractivity contribution is 0.457. The van der Waals surface area contributed by atoms with Crippen LogP contribution in [0.25, 0.3) is 0 Å². The molecule has 0 saturated heterocycles. The van der Waals surface area contributed by atoms with Crippen LogP contribution in [0.3, 0.4) is 0 Å². The summed E-state index contributed by atoms with van der Waals surface area (Å²) in [5, 5.41) is 20.6. The Labute approximate surface area is 125 Å². The number of allylic oxidation sites excluding steroid dienone is 2. The Morgan fingerprint density at radius 3 is 1.48 bits per heavy atom. The third-order valence-electron chi connectivity index (χ3n) is 3.52. The van der Waals surface area contributed by atoms with Crippen LogP contribution in [0.15, 0.2) is 61.7 Å². The summed E-state index contributed by atoms with van der Waals surface area (Å²) in [7, 11) is 0. The predicted octanol–water partition coefficient (Wildman–Crippen LogP) is 4.15. The first kappa shape index (κ1) is 14.9. The van der Waals surface area contributed by atoms with Gasteiger partial charge in [-0.25, -0.2) is 0 Å². The summed E-state index contributed by atoms with van der Waals surface area (Å²) in [6, 6.07) is 11.4. The Morgan fingerprint density at radius 2 is 1.10 bits per heavy atom. The highest BCUT2D eigenvalue weighted by atomic mass is 16.3. The molecule has 0 unspecified atom stereocenters. The van der Waals surface area contributed by atoms with Crippen molar-refractivity contribution in [2.45, 2.75) is 19.3 Å². The highest BCUT2D eigenvalue weighted by molar-refractivity contribution is 5.48. The predicted molar refractivity (Wildman–Crippen MR) is 86.8 cm³/mol. The van der Waals surface area contributed by atoms with Gasteiger partial charge in [-0.15, -0.1) is 13.2 Å². The van der Waals surface area contributed by atoms with E-state index in [1.54, 1.807) is 12.2 Å². The Morgan fingerprint density at radius 1 is 0.714 bits per heavy atom. The summed E-state index contributed by atoms with van der Waals surface area (Å²) in [6.45, 7) is 7.39. The third kappa shape index (κ3) is 3.34. The maximum absolute atomic E-state index is 10.3. The van der Waals surface area contributed by atoms with Gasteiger partial charge in [0.1, 0.15) is 11.5 Å². The molecule has 2 rings (SSSR count). The molecule has 0 aromatic heterocycles. The van der Waals surface area contributed by atoms with Gasteiger partial charge in [-0.3, -0.25) is 0 Å². The second-order valence-corrected chi connectivity index (χ2v) is 5.01. The lowest BCUT2D eigenvalue weighted by Gasteiger charge is -2.11. The maximum atomic E-state index is 10.3. The Bertz CT molecular complexity index is 599. The number of hydrogen-bond acceptors (Lipinski definition) is 2. The van der Waals surface area contributed by atoms with Crippen LogP contribution in [0.4, 0.5) is 0 Å². The molecule has 0 fully saturated rings. The fraction of sp³-hybridized carbons (Fsp3) is 0.158. The Hall–Kier alpha value is -2.48. The van der Waals surface area contributed by atoms with Crippen LogP contribution in [0.1, 0.15) is 22.3 Å². The number of aromatic hydroxyl groups is 2. The number of phenols is 2. The molecule has 0 saturated carbocycles. The second kappa shape index (κ2) is 6.80. The molecule has 0 amide bonds. The quantitative estimate of drug-likeness (QED) is 0.780. The third-order valence-corrected chi connectivity index (χ3v) is 3.52. The molecule has 0 spiro atoms. The van der Waals surface area contributed by atoms with Crippen LogP contribution < -0.4 is 0 Å². The zero-order chi connectivity index (χ0) is 15.2. The van der Waals surface area contributed by atoms with Crippen LogP contribution >= 0.6 is 0 Å². The smallest absolute Gasteiger partial charge is 0.122 e. The molecule has 0 aliphatic carbocycles. The van der Waals surface area contributed by atoms with Crippen molar-refractivity contribution in [3.63, 3.8) is 0 Å². The summed E-state index contributed by atoms with van der Waals surface area (Å²) < 4.78 is 0. The van der Waals surface area contributed by atoms with E-state index in [9.17, 15) is 10.2 Å². The van der Waals surface area contributed by atoms with Crippen LogP contribution in [-0.4, -0.2) is 10.2 Å². The number of para-hydroxylation sites is 2. The van der Waals surface area contributed by atoms with E-state index < -0.39 is 0 Å². The van der Waals surface area contributed by atoms with Gasteiger partial charge < -0.3 is 10.2 Å². The maximum Gasteiger partial charge on any atom is 0.122 e. The highest BCUT2D eigenvalue weighted by Crippen LogP contribution is 2.30. The summed E-state index contributed by atoms with van der Waals surface area (Å²) in [6.07, 6.45) is 5.28. The average molecular weight is 280 g/mol. The standard InChI is InChI=1S/C19H20O2/c1-3-7-14-9-5-11-16(18(14)20)13-17-12-6-10-15(8-4-2)19(17)21/h3-6,9-12,20-21H,1-2,7-8,13H2. The molecule has 0 aliphatic rings. The minimum Gasteiger partial charge on any atom is -0.507 e. The molecular weight excluding hydrogens is 260 g/mol. The topological polar surface area (TPSA) is 40.5 Å². The van der Waals surface area contributed by atoms with Crippen molar-refractivity contribution in [2.75, 3.05) is 0 Å². The highest BCUT2D eigenvalue weighted by Gasteiger charge is 2.11. The minimum absolute atomic E-state index is 0.283. The van der Waals surface area contributed by atoms with Gasteiger partial charge in [0.2, 0.25) is 0 Å². The number of benzene rings is 2. The number of hydrogen-bond donors (Lipinski definition) is 2. The van der Waals surface area contributed by atoms with Gasteiger partial charge in [0.25, 0.3) is 0 Å². The van der Waals surface area contributed by atoms with Gasteiger partial charge in [-0.1, -0.05) is 48.6 Å². The number of phenolic OH excluding ortho intramolecular Hbond substituents is 2. The monoisotopic (exact) mass is 280 g/mol. The van der Waals surface area contributed by atoms with E-state index in [-0.39, 0.29) is 11.5 Å². The zero-order valence-electron chi connectivity index (χ0n) is 12.0. The van der Waals surface area contributed by atoms with Crippen molar-refractivity contribution in [3.8, 4) is 11.5 Å². The van der Waals surface area contributed by atoms with E-state index in [4.69, 9.17) is 0 Å². The van der Waals surface area contributed by atoms with Gasteiger partial charge >= 0.3 is 0 Å². The molecule has 0 atom stereocenters. The normalized spacial score (nSPS) is 10.3. The average Bonchev–Trinajstić information content (AvgIpc) is 2.48. The summed E-state index contributed by atoms with van der Waals surface area (Å²) >= 11 is 0. The fourth-order valence-electron chi connectivity index (χ4n) is 2.42. The summed E-state index contributed by atoms with van der Waals surface area (Å²) in [5.41, 5.74) is 3.31. The SMILES string of the molecule is C=CCc1cccc(Cc2cccc(CC=C)c2O)c1O. The van der Waals surface area contributed by atoms with Gasteiger partial charge in [0.05, 0.1) is 0 Å². The van der Waals surface area contributed by atoms with Crippen LogP contribution in [0, 0.1) is 0 Å². The van der Waals surface area contributed by atoms with E-state index in [1.807, 2.05) is 36.4 Å². The van der Waals surface area contributed by atoms with E-state index in [0.717, 1.165) is 22.3 Å². The Kier molecular flexibility index (Phi) is 4.83. The number of rotatable bonds is 6. The van der Waals surface area contributed by atoms with E-state index in [0.29, 0.717) is 19.3 Å². The van der Waals surface area contributed by atoms with Crippen molar-refractivity contribution in [2.24, 2.45) is 0 Å². The zero-order valence-corrected chi connectivity index (χ0v) is 12.0. The molecule has 108 valence electrons. The minimum atomic E-state index is 0.283. The molecule has 0 aliphatic heterocycles. The molecule has 2 N–H and O–H groups in total. The molecule has 2 heteroatoms. The molecule has 0 bridgehead atoms. The summed E-state index contributed by atoms with van der Waals surface area (Å²) in [5.74, 6) is 0.567. The molecule has 2 aromatic carbocycles. The molecule has 21 heavy (non-hydrogen) atoms. The molecule has 2 nitrogen and oxygen atoms in total. The van der Waals surface area contributed by atoms with Gasteiger partial charge in [-0.05, 0) is 35.1 Å². The molecule has 0 radical (unpaired) electrons. The van der Waals surface area contributed by atoms with Crippen LogP contribution in [0.2, 0.25) is 0 Å². The molecule has 2 aromatic rings. The van der Waals surface area contributed by atoms with Crippen molar-refractivity contribution >= 4 is 0 Å². The fourth-order valence-corrected chi connectivity index (χ4v) is 2.42. The molecular formula is C19H20O2. The van der Waals surface area contributed by atoms with Crippen molar-refractivity contribution in [1.82, 2.24) is 0 Å².